The van der Waals surface area contributed by atoms with Crippen molar-refractivity contribution in [3.05, 3.63) is 105 Å². The molecule has 0 saturated carbocycles. The van der Waals surface area contributed by atoms with Gasteiger partial charge in [0.05, 0.1) is 11.1 Å². The van der Waals surface area contributed by atoms with Crippen molar-refractivity contribution in [1.82, 2.24) is 0 Å². The fraction of sp³-hybridized carbons (Fsp3) is 0.0909. The van der Waals surface area contributed by atoms with Gasteiger partial charge in [0, 0.05) is 11.8 Å². The highest BCUT2D eigenvalue weighted by atomic mass is 16.4. The molecule has 3 aliphatic carbocycles. The topological polar surface area (TPSA) is 74.6 Å². The second kappa shape index (κ2) is 5.05. The van der Waals surface area contributed by atoms with E-state index in [0.29, 0.717) is 0 Å². The molecule has 4 nitrogen and oxygen atoms in total. The first kappa shape index (κ1) is 14.9. The molecule has 2 bridgehead atoms. The Morgan fingerprint density at radius 3 is 1.46 bits per heavy atom. The molecule has 3 aromatic rings. The van der Waals surface area contributed by atoms with Gasteiger partial charge >= 0.3 is 11.9 Å². The highest BCUT2D eigenvalue weighted by Crippen LogP contribution is 2.57. The summed E-state index contributed by atoms with van der Waals surface area (Å²) in [5, 5.41) is 19.5. The van der Waals surface area contributed by atoms with Crippen molar-refractivity contribution in [3.63, 3.8) is 0 Å². The number of aromatic carboxylic acids is 2. The van der Waals surface area contributed by atoms with E-state index in [0.717, 1.165) is 33.4 Å². The van der Waals surface area contributed by atoms with Gasteiger partial charge in [0.2, 0.25) is 0 Å². The van der Waals surface area contributed by atoms with Crippen LogP contribution in [0.3, 0.4) is 0 Å². The normalized spacial score (nSPS) is 18.6. The molecule has 0 aliphatic heterocycles. The Balaban J connectivity index is 1.94. The van der Waals surface area contributed by atoms with Crippen LogP contribution in [0.4, 0.5) is 0 Å². The first-order valence-corrected chi connectivity index (χ1v) is 8.40. The van der Waals surface area contributed by atoms with Gasteiger partial charge in [-0.05, 0) is 45.5 Å². The number of carbonyl (C=O) groups is 2. The van der Waals surface area contributed by atoms with Gasteiger partial charge in [-0.3, -0.25) is 0 Å². The van der Waals surface area contributed by atoms with Crippen LogP contribution in [0.5, 0.6) is 0 Å². The lowest BCUT2D eigenvalue weighted by atomic mass is 9.59. The fourth-order valence-corrected chi connectivity index (χ4v) is 4.68. The summed E-state index contributed by atoms with van der Waals surface area (Å²) in [4.78, 5) is 23.8. The second-order valence-electron chi connectivity index (χ2n) is 6.72. The zero-order valence-electron chi connectivity index (χ0n) is 13.6. The molecule has 26 heavy (non-hydrogen) atoms. The molecule has 0 spiro atoms. The molecule has 4 heteroatoms. The monoisotopic (exact) mass is 342 g/mol. The third kappa shape index (κ3) is 1.73. The summed E-state index contributed by atoms with van der Waals surface area (Å²) in [6, 6.07) is 18.6. The standard InChI is InChI=1S/C22H14O4/c23-21(24)15-9-3-7-13-17-11-5-1-2-6-12(11)20(18(13)15)19-14(17)8-4-10-16(19)22(25)26/h1-10,17,20H,(H,23,24)(H,25,26). The summed E-state index contributed by atoms with van der Waals surface area (Å²) < 4.78 is 0. The lowest BCUT2D eigenvalue weighted by Gasteiger charge is -2.43. The van der Waals surface area contributed by atoms with E-state index in [-0.39, 0.29) is 23.0 Å². The summed E-state index contributed by atoms with van der Waals surface area (Å²) >= 11 is 0. The molecular weight excluding hydrogens is 328 g/mol. The third-order valence-corrected chi connectivity index (χ3v) is 5.56. The van der Waals surface area contributed by atoms with Gasteiger partial charge in [-0.15, -0.1) is 0 Å². The molecule has 0 radical (unpaired) electrons. The first-order chi connectivity index (χ1) is 12.6. The lowest BCUT2D eigenvalue weighted by Crippen LogP contribution is -2.31. The molecule has 0 saturated heterocycles. The quantitative estimate of drug-likeness (QED) is 0.507. The van der Waals surface area contributed by atoms with Crippen molar-refractivity contribution >= 4 is 11.9 Å². The zero-order chi connectivity index (χ0) is 18.0. The van der Waals surface area contributed by atoms with Crippen molar-refractivity contribution in [2.75, 3.05) is 0 Å². The summed E-state index contributed by atoms with van der Waals surface area (Å²) in [5.41, 5.74) is 6.00. The van der Waals surface area contributed by atoms with Crippen LogP contribution >= 0.6 is 0 Å². The second-order valence-corrected chi connectivity index (χ2v) is 6.72. The Bertz CT molecular complexity index is 1050. The van der Waals surface area contributed by atoms with Crippen LogP contribution in [-0.4, -0.2) is 22.2 Å². The van der Waals surface area contributed by atoms with Crippen LogP contribution in [0.1, 0.15) is 65.9 Å². The van der Waals surface area contributed by atoms with Crippen LogP contribution in [0.15, 0.2) is 60.7 Å². The average molecular weight is 342 g/mol. The van der Waals surface area contributed by atoms with Crippen LogP contribution in [-0.2, 0) is 0 Å². The van der Waals surface area contributed by atoms with Gasteiger partial charge in [-0.2, -0.15) is 0 Å². The van der Waals surface area contributed by atoms with E-state index in [2.05, 4.69) is 6.07 Å². The largest absolute Gasteiger partial charge is 0.478 e. The minimum absolute atomic E-state index is 0.139. The molecule has 0 fully saturated rings. The molecule has 3 aliphatic rings. The number of benzene rings is 3. The fourth-order valence-electron chi connectivity index (χ4n) is 4.68. The average Bonchev–Trinajstić information content (AvgIpc) is 2.66. The number of rotatable bonds is 2. The van der Waals surface area contributed by atoms with E-state index in [4.69, 9.17) is 0 Å². The van der Waals surface area contributed by atoms with Gasteiger partial charge < -0.3 is 10.2 Å². The minimum Gasteiger partial charge on any atom is -0.478 e. The summed E-state index contributed by atoms with van der Waals surface area (Å²) in [6.07, 6.45) is 0. The van der Waals surface area contributed by atoms with E-state index in [1.54, 1.807) is 24.3 Å². The predicted molar refractivity (Wildman–Crippen MR) is 95.1 cm³/mol. The van der Waals surface area contributed by atoms with Crippen molar-refractivity contribution in [2.24, 2.45) is 0 Å². The highest BCUT2D eigenvalue weighted by Gasteiger charge is 2.44. The first-order valence-electron chi connectivity index (χ1n) is 8.40. The zero-order valence-corrected chi connectivity index (χ0v) is 13.6. The number of hydrogen-bond donors (Lipinski definition) is 2. The molecule has 2 N–H and O–H groups in total. The van der Waals surface area contributed by atoms with Crippen molar-refractivity contribution < 1.29 is 19.8 Å². The molecule has 3 aromatic carbocycles. The van der Waals surface area contributed by atoms with Gasteiger partial charge in [-0.1, -0.05) is 48.5 Å². The van der Waals surface area contributed by atoms with E-state index < -0.39 is 11.9 Å². The van der Waals surface area contributed by atoms with Crippen LogP contribution < -0.4 is 0 Å². The highest BCUT2D eigenvalue weighted by molar-refractivity contribution is 5.95. The van der Waals surface area contributed by atoms with E-state index in [9.17, 15) is 19.8 Å². The SMILES string of the molecule is O=C(O)c1cccc2c1C1c3ccccc3C2c2cccc(C(=O)O)c21. The number of hydrogen-bond acceptors (Lipinski definition) is 2. The minimum atomic E-state index is -0.985. The molecule has 0 unspecified atom stereocenters. The smallest absolute Gasteiger partial charge is 0.336 e. The Morgan fingerprint density at radius 2 is 1.00 bits per heavy atom. The molecular formula is C22H14O4. The predicted octanol–water partition coefficient (Wildman–Crippen LogP) is 4.07. The Labute approximate surface area is 149 Å². The molecule has 0 aromatic heterocycles. The Hall–Kier alpha value is -3.40. The third-order valence-electron chi connectivity index (χ3n) is 5.56. The molecule has 0 heterocycles. The molecule has 0 atom stereocenters. The molecule has 126 valence electrons. The van der Waals surface area contributed by atoms with E-state index in [1.807, 2.05) is 30.3 Å². The lowest BCUT2D eigenvalue weighted by molar-refractivity contribution is 0.0686. The van der Waals surface area contributed by atoms with E-state index >= 15 is 0 Å². The number of carboxylic acid groups (broad SMARTS) is 2. The van der Waals surface area contributed by atoms with Crippen molar-refractivity contribution in [1.29, 1.82) is 0 Å². The summed E-state index contributed by atoms with van der Waals surface area (Å²) in [7, 11) is 0. The maximum atomic E-state index is 11.9. The number of carboxylic acids is 2. The van der Waals surface area contributed by atoms with Gasteiger partial charge in [-0.25, -0.2) is 9.59 Å². The maximum absolute atomic E-state index is 11.9. The van der Waals surface area contributed by atoms with Crippen molar-refractivity contribution in [2.45, 2.75) is 11.8 Å². The van der Waals surface area contributed by atoms with Crippen LogP contribution in [0, 0.1) is 0 Å². The van der Waals surface area contributed by atoms with Crippen LogP contribution in [0.2, 0.25) is 0 Å². The molecule has 6 rings (SSSR count). The Kier molecular flexibility index (Phi) is 2.89. The van der Waals surface area contributed by atoms with Gasteiger partial charge in [0.25, 0.3) is 0 Å². The summed E-state index contributed by atoms with van der Waals surface area (Å²) in [6.45, 7) is 0. The van der Waals surface area contributed by atoms with Crippen molar-refractivity contribution in [3.8, 4) is 0 Å². The maximum Gasteiger partial charge on any atom is 0.336 e. The Morgan fingerprint density at radius 1 is 0.577 bits per heavy atom. The molecule has 0 amide bonds. The van der Waals surface area contributed by atoms with Gasteiger partial charge in [0.15, 0.2) is 0 Å². The van der Waals surface area contributed by atoms with Gasteiger partial charge in [0.1, 0.15) is 0 Å². The summed E-state index contributed by atoms with van der Waals surface area (Å²) in [5.74, 6) is -2.48. The van der Waals surface area contributed by atoms with E-state index in [1.165, 1.54) is 0 Å². The van der Waals surface area contributed by atoms with Crippen LogP contribution in [0.25, 0.3) is 0 Å².